The molecule has 2 amide bonds. The Hall–Kier alpha value is -1.55. The highest BCUT2D eigenvalue weighted by Gasteiger charge is 2.09. The summed E-state index contributed by atoms with van der Waals surface area (Å²) in [6.45, 7) is 12.7. The number of hydrogen-bond donors (Lipinski definition) is 2. The Morgan fingerprint density at radius 1 is 0.733 bits per heavy atom. The van der Waals surface area contributed by atoms with Crippen LogP contribution in [0.1, 0.15) is 50.3 Å². The molecule has 0 aliphatic heterocycles. The fourth-order valence-electron chi connectivity index (χ4n) is 1.85. The van der Waals surface area contributed by atoms with Crippen LogP contribution in [0.15, 0.2) is 0 Å². The SMILES string of the molecule is CC.CCC(=O)NCCOCCOCC(=O)NCCOCCOCC(=O)C(C)CC.[HH].[HH]. The van der Waals surface area contributed by atoms with E-state index in [1.807, 2.05) is 27.7 Å². The summed E-state index contributed by atoms with van der Waals surface area (Å²) >= 11 is 0. The number of ether oxygens (including phenoxy) is 4. The van der Waals surface area contributed by atoms with Gasteiger partial charge in [-0.25, -0.2) is 0 Å². The van der Waals surface area contributed by atoms with Crippen LogP contribution in [0, 0.1) is 5.92 Å². The molecule has 2 N–H and O–H groups in total. The molecule has 0 bridgehead atoms. The lowest BCUT2D eigenvalue weighted by atomic mass is 10.1. The van der Waals surface area contributed by atoms with Gasteiger partial charge in [0.2, 0.25) is 11.8 Å². The van der Waals surface area contributed by atoms with Gasteiger partial charge >= 0.3 is 0 Å². The Morgan fingerprint density at radius 2 is 1.20 bits per heavy atom. The quantitative estimate of drug-likeness (QED) is 0.296. The summed E-state index contributed by atoms with van der Waals surface area (Å²) in [5.74, 6) is -0.110. The maximum atomic E-state index is 11.5. The van der Waals surface area contributed by atoms with Gasteiger partial charge in [-0.05, 0) is 6.42 Å². The standard InChI is InChI=1S/C19H36N2O7.C2H6.2H2/c1-4-16(3)17(22)14-27-12-10-26-9-7-21-19(24)15-28-13-11-25-8-6-20-18(23)5-2;1-2;;/h16H,4-15H2,1-3H3,(H,20,23)(H,21,24);1-2H3;2*1H. The van der Waals surface area contributed by atoms with Crippen LogP contribution >= 0.6 is 0 Å². The molecule has 0 aliphatic carbocycles. The smallest absolute Gasteiger partial charge is 0.246 e. The summed E-state index contributed by atoms with van der Waals surface area (Å²) < 4.78 is 21.0. The molecule has 1 atom stereocenters. The number of hydrogen-bond acceptors (Lipinski definition) is 7. The maximum Gasteiger partial charge on any atom is 0.246 e. The van der Waals surface area contributed by atoms with Gasteiger partial charge < -0.3 is 29.6 Å². The molecule has 9 heteroatoms. The van der Waals surface area contributed by atoms with E-state index in [1.54, 1.807) is 6.92 Å². The molecule has 30 heavy (non-hydrogen) atoms. The molecule has 0 heterocycles. The van der Waals surface area contributed by atoms with Crippen molar-refractivity contribution in [1.82, 2.24) is 10.6 Å². The molecular weight excluding hydrogens is 392 g/mol. The largest absolute Gasteiger partial charge is 0.377 e. The molecule has 0 aromatic rings. The Morgan fingerprint density at radius 3 is 1.70 bits per heavy atom. The van der Waals surface area contributed by atoms with Crippen molar-refractivity contribution in [3.8, 4) is 0 Å². The summed E-state index contributed by atoms with van der Waals surface area (Å²) in [5, 5.41) is 5.37. The van der Waals surface area contributed by atoms with Crippen molar-refractivity contribution in [2.24, 2.45) is 5.92 Å². The molecule has 182 valence electrons. The number of nitrogens with one attached hydrogen (secondary N) is 2. The van der Waals surface area contributed by atoms with Gasteiger partial charge in [-0.3, -0.25) is 14.4 Å². The van der Waals surface area contributed by atoms with Crippen molar-refractivity contribution in [3.63, 3.8) is 0 Å². The van der Waals surface area contributed by atoms with E-state index < -0.39 is 0 Å². The lowest BCUT2D eigenvalue weighted by molar-refractivity contribution is -0.128. The molecule has 0 aromatic heterocycles. The molecule has 1 unspecified atom stereocenters. The number of carbonyl (C=O) groups is 3. The Labute approximate surface area is 184 Å². The first kappa shape index (κ1) is 30.6. The molecule has 0 aliphatic rings. The van der Waals surface area contributed by atoms with Crippen molar-refractivity contribution in [3.05, 3.63) is 0 Å². The van der Waals surface area contributed by atoms with Crippen LogP contribution in [0.25, 0.3) is 0 Å². The molecule has 0 saturated heterocycles. The maximum absolute atomic E-state index is 11.5. The van der Waals surface area contributed by atoms with E-state index in [0.717, 1.165) is 6.42 Å². The fraction of sp³-hybridized carbons (Fsp3) is 0.857. The molecule has 0 rings (SSSR count). The van der Waals surface area contributed by atoms with Crippen LogP contribution in [0.5, 0.6) is 0 Å². The first-order valence-electron chi connectivity index (χ1n) is 10.9. The third kappa shape index (κ3) is 21.2. The van der Waals surface area contributed by atoms with Crippen molar-refractivity contribution < 1.29 is 36.2 Å². The second-order valence-corrected chi connectivity index (χ2v) is 6.16. The van der Waals surface area contributed by atoms with Crippen LogP contribution in [0.3, 0.4) is 0 Å². The predicted molar refractivity (Wildman–Crippen MR) is 120 cm³/mol. The zero-order chi connectivity index (χ0) is 23.0. The summed E-state index contributed by atoms with van der Waals surface area (Å²) in [6, 6.07) is 0. The second-order valence-electron chi connectivity index (χ2n) is 6.16. The number of ketones is 1. The van der Waals surface area contributed by atoms with Gasteiger partial charge in [0, 0.05) is 28.3 Å². The zero-order valence-corrected chi connectivity index (χ0v) is 19.4. The predicted octanol–water partition coefficient (Wildman–Crippen LogP) is 1.83. The minimum absolute atomic E-state index is 0. The van der Waals surface area contributed by atoms with Crippen molar-refractivity contribution >= 4 is 17.6 Å². The van der Waals surface area contributed by atoms with E-state index in [-0.39, 0.29) is 39.6 Å². The van der Waals surface area contributed by atoms with Crippen LogP contribution in [-0.2, 0) is 33.3 Å². The van der Waals surface area contributed by atoms with Crippen LogP contribution in [0.4, 0.5) is 0 Å². The average Bonchev–Trinajstić information content (AvgIpc) is 2.77. The van der Waals surface area contributed by atoms with Gasteiger partial charge in [0.15, 0.2) is 5.78 Å². The van der Waals surface area contributed by atoms with Gasteiger partial charge in [-0.2, -0.15) is 0 Å². The van der Waals surface area contributed by atoms with Gasteiger partial charge in [0.1, 0.15) is 13.2 Å². The van der Waals surface area contributed by atoms with Crippen molar-refractivity contribution in [1.29, 1.82) is 0 Å². The number of carbonyl (C=O) groups excluding carboxylic acids is 3. The number of amides is 2. The average molecular weight is 439 g/mol. The monoisotopic (exact) mass is 438 g/mol. The van der Waals surface area contributed by atoms with E-state index in [9.17, 15) is 14.4 Å². The van der Waals surface area contributed by atoms with E-state index >= 15 is 0 Å². The van der Waals surface area contributed by atoms with Crippen molar-refractivity contribution in [2.75, 3.05) is 65.9 Å². The molecule has 0 spiro atoms. The highest BCUT2D eigenvalue weighted by molar-refractivity contribution is 5.81. The second kappa shape index (κ2) is 23.7. The molecule has 9 nitrogen and oxygen atoms in total. The summed E-state index contributed by atoms with van der Waals surface area (Å²) in [4.78, 5) is 34.1. The highest BCUT2D eigenvalue weighted by Crippen LogP contribution is 2.01. The number of Topliss-reactive ketones (excluding diaryl/α,β-unsaturated/α-hetero) is 1. The summed E-state index contributed by atoms with van der Waals surface area (Å²) in [6.07, 6.45) is 1.27. The topological polar surface area (TPSA) is 112 Å². The van der Waals surface area contributed by atoms with E-state index in [4.69, 9.17) is 18.9 Å². The van der Waals surface area contributed by atoms with E-state index in [1.165, 1.54) is 0 Å². The van der Waals surface area contributed by atoms with Crippen LogP contribution in [-0.4, -0.2) is 83.5 Å². The van der Waals surface area contributed by atoms with Gasteiger partial charge in [0.25, 0.3) is 0 Å². The lowest BCUT2D eigenvalue weighted by Gasteiger charge is -2.09. The zero-order valence-electron chi connectivity index (χ0n) is 19.4. The van der Waals surface area contributed by atoms with Gasteiger partial charge in [0.05, 0.1) is 39.6 Å². The number of rotatable bonds is 19. The first-order valence-corrected chi connectivity index (χ1v) is 10.9. The van der Waals surface area contributed by atoms with Crippen LogP contribution in [0.2, 0.25) is 0 Å². The Balaban J connectivity index is -0.000000950. The molecular formula is C21H46N2O7. The highest BCUT2D eigenvalue weighted by atomic mass is 16.5. The summed E-state index contributed by atoms with van der Waals surface area (Å²) in [7, 11) is 0. The van der Waals surface area contributed by atoms with E-state index in [2.05, 4.69) is 10.6 Å². The first-order chi connectivity index (χ1) is 14.5. The minimum Gasteiger partial charge on any atom is -0.377 e. The molecule has 0 fully saturated rings. The Bertz CT molecular complexity index is 444. The minimum atomic E-state index is -0.228. The Kier molecular flexibility index (Phi) is 24.2. The van der Waals surface area contributed by atoms with Gasteiger partial charge in [-0.15, -0.1) is 0 Å². The molecule has 0 saturated carbocycles. The van der Waals surface area contributed by atoms with E-state index in [0.29, 0.717) is 59.2 Å². The lowest BCUT2D eigenvalue weighted by Crippen LogP contribution is -2.31. The summed E-state index contributed by atoms with van der Waals surface area (Å²) in [5.41, 5.74) is 0. The fourth-order valence-corrected chi connectivity index (χ4v) is 1.85. The molecule has 0 aromatic carbocycles. The molecule has 0 radical (unpaired) electrons. The third-order valence-electron chi connectivity index (χ3n) is 3.84. The van der Waals surface area contributed by atoms with Crippen molar-refractivity contribution in [2.45, 2.75) is 47.5 Å². The third-order valence-corrected chi connectivity index (χ3v) is 3.84. The normalized spacial score (nSPS) is 11.2. The van der Waals surface area contributed by atoms with Crippen LogP contribution < -0.4 is 10.6 Å². The van der Waals surface area contributed by atoms with Gasteiger partial charge in [-0.1, -0.05) is 34.6 Å².